The van der Waals surface area contributed by atoms with Crippen molar-refractivity contribution in [3.05, 3.63) is 51.5 Å². The molecule has 0 saturated carbocycles. The summed E-state index contributed by atoms with van der Waals surface area (Å²) in [5.41, 5.74) is 5.68. The van der Waals surface area contributed by atoms with E-state index >= 15 is 4.39 Å². The van der Waals surface area contributed by atoms with Gasteiger partial charge in [-0.25, -0.2) is 9.37 Å². The zero-order valence-corrected chi connectivity index (χ0v) is 19.1. The lowest BCUT2D eigenvalue weighted by Gasteiger charge is -2.17. The summed E-state index contributed by atoms with van der Waals surface area (Å²) in [6.07, 6.45) is 4.12. The van der Waals surface area contributed by atoms with Crippen molar-refractivity contribution in [3.8, 4) is 0 Å². The molecule has 2 aromatic carbocycles. The van der Waals surface area contributed by atoms with E-state index in [4.69, 9.17) is 16.4 Å². The van der Waals surface area contributed by atoms with Gasteiger partial charge in [-0.05, 0) is 55.8 Å². The number of nitrogens with one attached hydrogen (secondary N) is 2. The van der Waals surface area contributed by atoms with Crippen molar-refractivity contribution in [1.29, 1.82) is 0 Å². The number of imidazole rings is 1. The molecule has 30 heavy (non-hydrogen) atoms. The van der Waals surface area contributed by atoms with Crippen molar-refractivity contribution in [2.24, 2.45) is 7.05 Å². The Hall–Kier alpha value is -1.71. The third-order valence-corrected chi connectivity index (χ3v) is 6.11. The second kappa shape index (κ2) is 9.62. The van der Waals surface area contributed by atoms with Crippen LogP contribution < -0.4 is 10.8 Å². The predicted octanol–water partition coefficient (Wildman–Crippen LogP) is 4.99. The molecule has 0 aliphatic carbocycles. The maximum absolute atomic E-state index is 15.4. The number of aryl methyl sites for hydroxylation is 1. The Morgan fingerprint density at radius 3 is 2.83 bits per heavy atom. The Morgan fingerprint density at radius 2 is 2.07 bits per heavy atom. The second-order valence-corrected chi connectivity index (χ2v) is 8.74. The highest BCUT2D eigenvalue weighted by molar-refractivity contribution is 9.10. The Bertz CT molecular complexity index is 1040. The summed E-state index contributed by atoms with van der Waals surface area (Å²) in [7, 11) is 1.84. The molecule has 4 rings (SSSR count). The average Bonchev–Trinajstić information content (AvgIpc) is 3.36. The first kappa shape index (κ1) is 21.5. The van der Waals surface area contributed by atoms with Crippen LogP contribution in [0.1, 0.15) is 18.4 Å². The number of likely N-dealkylation sites (tertiary alicyclic amines) is 1. The van der Waals surface area contributed by atoms with Crippen molar-refractivity contribution in [1.82, 2.24) is 19.9 Å². The average molecular weight is 497 g/mol. The molecule has 1 aliphatic heterocycles. The fraction of sp³-hybridized carbons (Fsp3) is 0.381. The summed E-state index contributed by atoms with van der Waals surface area (Å²) in [5, 5.41) is 3.63. The molecule has 0 amide bonds. The van der Waals surface area contributed by atoms with E-state index in [1.165, 1.54) is 12.8 Å². The van der Waals surface area contributed by atoms with E-state index in [9.17, 15) is 0 Å². The van der Waals surface area contributed by atoms with E-state index in [-0.39, 0.29) is 0 Å². The fourth-order valence-corrected chi connectivity index (χ4v) is 4.38. The number of anilines is 2. The highest BCUT2D eigenvalue weighted by Crippen LogP contribution is 2.34. The number of fused-ring (bicyclic) bond motifs is 1. The second-order valence-electron chi connectivity index (χ2n) is 7.42. The smallest absolute Gasteiger partial charge is 0.174 e. The summed E-state index contributed by atoms with van der Waals surface area (Å²) in [6.45, 7) is 4.08. The zero-order valence-electron chi connectivity index (χ0n) is 16.7. The van der Waals surface area contributed by atoms with Crippen LogP contribution in [-0.4, -0.2) is 40.7 Å². The molecule has 2 N–H and O–H groups in total. The van der Waals surface area contributed by atoms with E-state index in [1.807, 2.05) is 19.2 Å². The van der Waals surface area contributed by atoms with Gasteiger partial charge in [0.25, 0.3) is 0 Å². The molecule has 9 heteroatoms. The van der Waals surface area contributed by atoms with Crippen LogP contribution in [0.4, 0.5) is 15.8 Å². The van der Waals surface area contributed by atoms with E-state index in [1.54, 1.807) is 23.0 Å². The highest BCUT2D eigenvalue weighted by atomic mass is 79.9. The van der Waals surface area contributed by atoms with E-state index in [2.05, 4.69) is 36.6 Å². The molecule has 1 fully saturated rings. The molecule has 2 heterocycles. The lowest BCUT2D eigenvalue weighted by atomic mass is 10.1. The minimum atomic E-state index is -0.416. The number of halogens is 3. The van der Waals surface area contributed by atoms with Crippen LogP contribution in [0.2, 0.25) is 5.02 Å². The minimum absolute atomic E-state index is 0.312. The van der Waals surface area contributed by atoms with Crippen LogP contribution in [0.15, 0.2) is 35.1 Å². The number of rotatable bonds is 8. The standard InChI is InChI=1S/C21H24BrClFN5O/c1-28-13-25-21-18(28)10-14(12-26-30-9-8-29-6-2-3-7-29)20(19(21)24)27-17-5-4-15(22)11-16(17)23/h4-5,10-11,13,26-27H,2-3,6-9,12H2,1H3. The van der Waals surface area contributed by atoms with Gasteiger partial charge in [0, 0.05) is 24.6 Å². The van der Waals surface area contributed by atoms with Crippen molar-refractivity contribution in [2.75, 3.05) is 31.6 Å². The van der Waals surface area contributed by atoms with Gasteiger partial charge in [-0.15, -0.1) is 0 Å². The van der Waals surface area contributed by atoms with Crippen molar-refractivity contribution < 1.29 is 9.23 Å². The molecule has 6 nitrogen and oxygen atoms in total. The zero-order chi connectivity index (χ0) is 21.1. The van der Waals surface area contributed by atoms with E-state index in [0.717, 1.165) is 29.7 Å². The van der Waals surface area contributed by atoms with Gasteiger partial charge in [-0.2, -0.15) is 5.48 Å². The van der Waals surface area contributed by atoms with Crippen LogP contribution in [0.25, 0.3) is 11.0 Å². The largest absolute Gasteiger partial charge is 0.352 e. The van der Waals surface area contributed by atoms with Crippen molar-refractivity contribution >= 4 is 49.9 Å². The van der Waals surface area contributed by atoms with Crippen LogP contribution in [0.3, 0.4) is 0 Å². The topological polar surface area (TPSA) is 54.4 Å². The Morgan fingerprint density at radius 1 is 1.27 bits per heavy atom. The number of nitrogens with zero attached hydrogens (tertiary/aromatic N) is 3. The molecule has 3 aromatic rings. The number of benzene rings is 2. The monoisotopic (exact) mass is 495 g/mol. The highest BCUT2D eigenvalue weighted by Gasteiger charge is 2.18. The van der Waals surface area contributed by atoms with Gasteiger partial charge in [0.1, 0.15) is 5.52 Å². The van der Waals surface area contributed by atoms with Crippen molar-refractivity contribution in [2.45, 2.75) is 19.4 Å². The number of hydroxylamine groups is 1. The maximum Gasteiger partial charge on any atom is 0.174 e. The Labute approximate surface area is 188 Å². The summed E-state index contributed by atoms with van der Waals surface area (Å²) in [6, 6.07) is 7.33. The number of hydrogen-bond acceptors (Lipinski definition) is 5. The van der Waals surface area contributed by atoms with Gasteiger partial charge in [0.05, 0.1) is 34.8 Å². The third kappa shape index (κ3) is 4.78. The fourth-order valence-electron chi connectivity index (χ4n) is 3.66. The van der Waals surface area contributed by atoms with Gasteiger partial charge < -0.3 is 19.6 Å². The third-order valence-electron chi connectivity index (χ3n) is 5.31. The van der Waals surface area contributed by atoms with Crippen LogP contribution in [0, 0.1) is 5.82 Å². The molecule has 160 valence electrons. The van der Waals surface area contributed by atoms with Crippen LogP contribution >= 0.6 is 27.5 Å². The van der Waals surface area contributed by atoms with E-state index < -0.39 is 5.82 Å². The van der Waals surface area contributed by atoms with Crippen LogP contribution in [0.5, 0.6) is 0 Å². The molecule has 0 radical (unpaired) electrons. The summed E-state index contributed by atoms with van der Waals surface area (Å²) >= 11 is 9.72. The normalized spacial score (nSPS) is 14.7. The predicted molar refractivity (Wildman–Crippen MR) is 122 cm³/mol. The number of aromatic nitrogens is 2. The summed E-state index contributed by atoms with van der Waals surface area (Å²) < 4.78 is 18.0. The first-order valence-corrected chi connectivity index (χ1v) is 11.1. The Kier molecular flexibility index (Phi) is 6.90. The first-order valence-electron chi connectivity index (χ1n) is 9.94. The summed E-state index contributed by atoms with van der Waals surface area (Å²) in [5.74, 6) is -0.416. The van der Waals surface area contributed by atoms with E-state index in [0.29, 0.717) is 40.6 Å². The van der Waals surface area contributed by atoms with Crippen molar-refractivity contribution in [3.63, 3.8) is 0 Å². The van der Waals surface area contributed by atoms with Crippen LogP contribution in [-0.2, 0) is 18.4 Å². The molecular formula is C21H24BrClFN5O. The maximum atomic E-state index is 15.4. The quantitative estimate of drug-likeness (QED) is 0.340. The van der Waals surface area contributed by atoms with Gasteiger partial charge in [0.2, 0.25) is 0 Å². The minimum Gasteiger partial charge on any atom is -0.352 e. The van der Waals surface area contributed by atoms with Gasteiger partial charge in [-0.1, -0.05) is 27.5 Å². The lowest BCUT2D eigenvalue weighted by Crippen LogP contribution is -2.27. The molecule has 0 unspecified atom stereocenters. The molecule has 1 aromatic heterocycles. The SMILES string of the molecule is Cn1cnc2c(F)c(Nc3ccc(Br)cc3Cl)c(CNOCCN3CCCC3)cc21. The first-order chi connectivity index (χ1) is 14.5. The van der Waals surface area contributed by atoms with Gasteiger partial charge in [0.15, 0.2) is 5.82 Å². The molecule has 0 spiro atoms. The molecule has 0 bridgehead atoms. The summed E-state index contributed by atoms with van der Waals surface area (Å²) in [4.78, 5) is 12.2. The Balaban J connectivity index is 1.53. The molecule has 0 atom stereocenters. The molecular weight excluding hydrogens is 473 g/mol. The molecule has 1 saturated heterocycles. The number of hydrogen-bond donors (Lipinski definition) is 2. The molecule has 1 aliphatic rings. The van der Waals surface area contributed by atoms with Gasteiger partial charge >= 0.3 is 0 Å². The lowest BCUT2D eigenvalue weighted by molar-refractivity contribution is 0.0253. The van der Waals surface area contributed by atoms with Gasteiger partial charge in [-0.3, -0.25) is 0 Å².